The molecular formula is C48H62HfP2-2. The Morgan fingerprint density at radius 1 is 0.392 bits per heavy atom. The Morgan fingerprint density at radius 2 is 0.667 bits per heavy atom. The van der Waals surface area contributed by atoms with Crippen LogP contribution >= 0.6 is 15.8 Å². The Labute approximate surface area is 332 Å². The Kier molecular flexibility index (Phi) is 15.5. The minimum atomic E-state index is -0.185. The first-order valence-corrected chi connectivity index (χ1v) is 21.0. The van der Waals surface area contributed by atoms with Crippen LogP contribution in [0.15, 0.2) is 133 Å². The molecule has 0 nitrogen and oxygen atoms in total. The largest absolute Gasteiger partial charge is 0.160 e. The topological polar surface area (TPSA) is 0 Å². The fourth-order valence-corrected chi connectivity index (χ4v) is 15.9. The average Bonchev–Trinajstić information content (AvgIpc) is 3.62. The van der Waals surface area contributed by atoms with Crippen molar-refractivity contribution in [1.29, 1.82) is 0 Å². The fourth-order valence-electron chi connectivity index (χ4n) is 7.67. The second-order valence-corrected chi connectivity index (χ2v) is 25.3. The van der Waals surface area contributed by atoms with Crippen LogP contribution in [0.2, 0.25) is 0 Å². The van der Waals surface area contributed by atoms with Gasteiger partial charge in [0.15, 0.2) is 0 Å². The summed E-state index contributed by atoms with van der Waals surface area (Å²) < 4.78 is 0. The number of benzene rings is 4. The van der Waals surface area contributed by atoms with Gasteiger partial charge in [-0.25, -0.2) is 0 Å². The minimum absolute atomic E-state index is 0. The van der Waals surface area contributed by atoms with E-state index in [0.717, 1.165) is 12.8 Å². The maximum atomic E-state index is 2.40. The van der Waals surface area contributed by atoms with Gasteiger partial charge < -0.3 is 0 Å². The van der Waals surface area contributed by atoms with Crippen molar-refractivity contribution in [3.63, 3.8) is 0 Å². The molecule has 0 saturated heterocycles. The molecule has 0 heterocycles. The molecule has 0 aromatic heterocycles. The molecule has 0 radical (unpaired) electrons. The molecule has 6 aromatic carbocycles. The van der Waals surface area contributed by atoms with Gasteiger partial charge in [0, 0.05) is 25.8 Å². The van der Waals surface area contributed by atoms with E-state index in [1.807, 2.05) is 0 Å². The molecule has 3 heteroatoms. The van der Waals surface area contributed by atoms with Crippen LogP contribution < -0.4 is 10.6 Å². The second-order valence-electron chi connectivity index (χ2n) is 17.5. The van der Waals surface area contributed by atoms with E-state index in [-0.39, 0.29) is 41.7 Å². The summed E-state index contributed by atoms with van der Waals surface area (Å²) in [4.78, 5) is 0. The summed E-state index contributed by atoms with van der Waals surface area (Å²) >= 11 is 0. The van der Waals surface area contributed by atoms with Crippen LogP contribution in [0.1, 0.15) is 94.2 Å². The van der Waals surface area contributed by atoms with E-state index in [4.69, 9.17) is 0 Å². The van der Waals surface area contributed by atoms with Gasteiger partial charge in [-0.2, -0.15) is 12.1 Å². The summed E-state index contributed by atoms with van der Waals surface area (Å²) in [7, 11) is -0.369. The van der Waals surface area contributed by atoms with Gasteiger partial charge in [0.1, 0.15) is 0 Å². The number of fused-ring (bicyclic) bond motifs is 2. The Bertz CT molecular complexity index is 1650. The first kappa shape index (κ1) is 43.2. The molecule has 0 unspecified atom stereocenters. The molecule has 6 rings (SSSR count). The first-order chi connectivity index (χ1) is 23.3. The van der Waals surface area contributed by atoms with Crippen LogP contribution in [0, 0.1) is 0 Å². The fraction of sp³-hybridized carbons (Fsp3) is 0.375. The van der Waals surface area contributed by atoms with Crippen molar-refractivity contribution >= 4 is 48.0 Å². The van der Waals surface area contributed by atoms with E-state index in [9.17, 15) is 0 Å². The van der Waals surface area contributed by atoms with Gasteiger partial charge in [-0.1, -0.05) is 172 Å². The van der Waals surface area contributed by atoms with Crippen LogP contribution in [0.25, 0.3) is 21.5 Å². The summed E-state index contributed by atoms with van der Waals surface area (Å²) in [5.74, 6) is 0. The Morgan fingerprint density at radius 3 is 0.941 bits per heavy atom. The predicted octanol–water partition coefficient (Wildman–Crippen LogP) is 14.0. The molecule has 270 valence electrons. The summed E-state index contributed by atoms with van der Waals surface area (Å²) in [6.45, 7) is 28.5. The van der Waals surface area contributed by atoms with Crippen LogP contribution in [0.3, 0.4) is 0 Å². The van der Waals surface area contributed by atoms with Crippen LogP contribution in [-0.4, -0.2) is 20.6 Å². The van der Waals surface area contributed by atoms with Crippen LogP contribution in [-0.2, 0) is 38.7 Å². The Balaban J connectivity index is 0.000000206. The number of rotatable bonds is 5. The van der Waals surface area contributed by atoms with Crippen molar-refractivity contribution in [1.82, 2.24) is 0 Å². The van der Waals surface area contributed by atoms with Crippen molar-refractivity contribution in [3.8, 4) is 0 Å². The molecule has 0 atom stereocenters. The summed E-state index contributed by atoms with van der Waals surface area (Å²) in [5.41, 5.74) is 2.83. The van der Waals surface area contributed by atoms with Gasteiger partial charge in [-0.15, -0.1) is 80.7 Å². The first-order valence-electron chi connectivity index (χ1n) is 18.3. The van der Waals surface area contributed by atoms with E-state index < -0.39 is 0 Å². The zero-order valence-electron chi connectivity index (χ0n) is 33.5. The van der Waals surface area contributed by atoms with E-state index >= 15 is 0 Å². The van der Waals surface area contributed by atoms with Crippen molar-refractivity contribution < 1.29 is 25.8 Å². The molecule has 0 amide bonds. The molecule has 0 aliphatic rings. The number of aryl methyl sites for hydroxylation is 2. The van der Waals surface area contributed by atoms with Gasteiger partial charge in [0.2, 0.25) is 0 Å². The molecular weight excluding hydrogens is 817 g/mol. The molecule has 6 aromatic rings. The monoisotopic (exact) mass is 880 g/mol. The molecule has 0 aliphatic heterocycles. The maximum absolute atomic E-state index is 2.40. The third-order valence-electron chi connectivity index (χ3n) is 8.79. The van der Waals surface area contributed by atoms with Gasteiger partial charge in [-0.3, -0.25) is 0 Å². The zero-order valence-corrected chi connectivity index (χ0v) is 38.9. The molecule has 0 fully saturated rings. The van der Waals surface area contributed by atoms with Gasteiger partial charge in [-0.05, 0) is 44.6 Å². The van der Waals surface area contributed by atoms with Gasteiger partial charge in [0.25, 0.3) is 0 Å². The summed E-state index contributed by atoms with van der Waals surface area (Å²) in [6.07, 6.45) is 2.26. The standard InChI is InChI=1S/2C17H24P.C14H14.Hf/c2*1-16(2,3)18(17(4,5)6)15-11-13-9-7-8-10-14(13)12-15;1-3-7-13(8-4-1)11-12-14-9-5-2-6-10-14;/h2*7-12H,1-6H3;1-10H,11-12H2;/q2*-1;;. The third kappa shape index (κ3) is 12.7. The van der Waals surface area contributed by atoms with Crippen molar-refractivity contribution in [2.45, 2.75) is 117 Å². The smallest absolute Gasteiger partial charge is 0 e. The number of hydrogen-bond acceptors (Lipinski definition) is 0. The average molecular weight is 879 g/mol. The van der Waals surface area contributed by atoms with Crippen molar-refractivity contribution in [3.05, 3.63) is 145 Å². The molecule has 0 N–H and O–H groups in total. The normalized spacial score (nSPS) is 12.3. The molecule has 0 bridgehead atoms. The molecule has 0 aliphatic carbocycles. The van der Waals surface area contributed by atoms with Crippen LogP contribution in [0.5, 0.6) is 0 Å². The van der Waals surface area contributed by atoms with E-state index in [1.165, 1.54) is 32.7 Å². The van der Waals surface area contributed by atoms with E-state index in [2.05, 4.69) is 217 Å². The SMILES string of the molecule is CC(C)(C)P(c1cc2ccccc2[cH-]1)C(C)(C)C.CC(C)(C)P(c1cc2ccccc2[cH-]1)C(C)(C)C.[Hf].c1ccc(CCc2ccccc2)cc1. The summed E-state index contributed by atoms with van der Waals surface area (Å²) in [5, 5.41) is 10.0. The zero-order chi connectivity index (χ0) is 36.7. The predicted molar refractivity (Wildman–Crippen MR) is 231 cm³/mol. The third-order valence-corrected chi connectivity index (χ3v) is 15.7. The van der Waals surface area contributed by atoms with Crippen molar-refractivity contribution in [2.75, 3.05) is 0 Å². The van der Waals surface area contributed by atoms with Gasteiger partial charge in [0.05, 0.1) is 0 Å². The van der Waals surface area contributed by atoms with Gasteiger partial charge >= 0.3 is 0 Å². The van der Waals surface area contributed by atoms with Crippen molar-refractivity contribution in [2.24, 2.45) is 0 Å². The summed E-state index contributed by atoms with van der Waals surface area (Å²) in [6, 6.07) is 48.2. The second kappa shape index (κ2) is 18.2. The quantitative estimate of drug-likeness (QED) is 0.0919. The van der Waals surface area contributed by atoms with E-state index in [1.54, 1.807) is 10.6 Å². The minimum Gasteiger partial charge on any atom is -0.160 e. The van der Waals surface area contributed by atoms with E-state index in [0.29, 0.717) is 20.6 Å². The molecule has 0 saturated carbocycles. The molecule has 0 spiro atoms. The van der Waals surface area contributed by atoms with Crippen LogP contribution in [0.4, 0.5) is 0 Å². The maximum Gasteiger partial charge on any atom is 0 e. The number of hydrogen-bond donors (Lipinski definition) is 0. The Hall–Kier alpha value is -2.17. The molecule has 51 heavy (non-hydrogen) atoms.